The predicted octanol–water partition coefficient (Wildman–Crippen LogP) is -0.00390. The Labute approximate surface area is 41.5 Å². The van der Waals surface area contributed by atoms with E-state index >= 15 is 0 Å². The fourth-order valence-corrected chi connectivity index (χ4v) is 0. The maximum Gasteiger partial charge on any atom is 5.00 e. The van der Waals surface area contributed by atoms with Crippen LogP contribution in [0, 0.1) is 0 Å². The van der Waals surface area contributed by atoms with Crippen molar-refractivity contribution in [3.05, 3.63) is 0 Å². The maximum atomic E-state index is 7.57. The van der Waals surface area contributed by atoms with E-state index in [1.165, 1.54) is 0 Å². The summed E-state index contributed by atoms with van der Waals surface area (Å²) in [6.07, 6.45) is 0. The first kappa shape index (κ1) is 8.83. The zero-order chi connectivity index (χ0) is 2.71. The van der Waals surface area contributed by atoms with Crippen molar-refractivity contribution in [1.29, 1.82) is 0 Å². The van der Waals surface area contributed by atoms with Gasteiger partial charge in [0, 0.05) is 6.61 Å². The van der Waals surface area contributed by atoms with Gasteiger partial charge in [-0.1, -0.05) is 0 Å². The fourth-order valence-electron chi connectivity index (χ4n) is 0. The van der Waals surface area contributed by atoms with Crippen LogP contribution in [-0.4, -0.2) is 11.7 Å². The molecule has 4 heavy (non-hydrogen) atoms. The van der Waals surface area contributed by atoms with E-state index in [1.807, 2.05) is 0 Å². The van der Waals surface area contributed by atoms with E-state index in [4.69, 9.17) is 5.11 Å². The Morgan fingerprint density at radius 3 is 1.75 bits per heavy atom. The van der Waals surface area contributed by atoms with E-state index in [9.17, 15) is 0 Å². The van der Waals surface area contributed by atoms with Crippen molar-refractivity contribution in [2.45, 2.75) is 6.92 Å². The summed E-state index contributed by atoms with van der Waals surface area (Å²) in [6.45, 7) is 1.93. The van der Waals surface area contributed by atoms with Gasteiger partial charge in [0.25, 0.3) is 0 Å². The van der Waals surface area contributed by atoms with Gasteiger partial charge >= 0.3 is 22.4 Å². The Balaban J connectivity index is 0. The molecule has 0 aromatic rings. The molecule has 0 fully saturated rings. The van der Waals surface area contributed by atoms with Gasteiger partial charge in [-0.05, 0) is 6.92 Å². The van der Waals surface area contributed by atoms with Crippen LogP contribution in [0.1, 0.15) is 6.92 Å². The third-order valence-corrected chi connectivity index (χ3v) is 0. The minimum absolute atomic E-state index is 0. The Morgan fingerprint density at radius 1 is 1.75 bits per heavy atom. The number of rotatable bonds is 0. The molecule has 20 valence electrons. The molecule has 0 aromatic heterocycles. The second-order valence-electron chi connectivity index (χ2n) is 0.316. The predicted molar refractivity (Wildman–Crippen MR) is 12.8 cm³/mol. The van der Waals surface area contributed by atoms with E-state index in [2.05, 4.69) is 0 Å². The molecular formula is C2H6NbO+5. The molecule has 1 N–H and O–H groups in total. The fraction of sp³-hybridized carbons (Fsp3) is 1.00. The van der Waals surface area contributed by atoms with Gasteiger partial charge in [-0.3, -0.25) is 0 Å². The molecule has 0 rings (SSSR count). The first-order valence-electron chi connectivity index (χ1n) is 1.02. The van der Waals surface area contributed by atoms with Crippen LogP contribution in [0.25, 0.3) is 0 Å². The zero-order valence-electron chi connectivity index (χ0n) is 2.60. The van der Waals surface area contributed by atoms with Gasteiger partial charge in [-0.15, -0.1) is 0 Å². The summed E-state index contributed by atoms with van der Waals surface area (Å²) in [5.41, 5.74) is 0. The Kier molecular flexibility index (Phi) is 20.6. The maximum absolute atomic E-state index is 7.57. The molecule has 0 saturated heterocycles. The molecular weight excluding hydrogens is 133 g/mol. The van der Waals surface area contributed by atoms with Crippen molar-refractivity contribution in [3.8, 4) is 0 Å². The molecule has 0 radical (unpaired) electrons. The van der Waals surface area contributed by atoms with Crippen LogP contribution >= 0.6 is 0 Å². The molecule has 0 aromatic carbocycles. The monoisotopic (exact) mass is 139 g/mol. The molecule has 0 aliphatic rings. The van der Waals surface area contributed by atoms with E-state index < -0.39 is 0 Å². The quantitative estimate of drug-likeness (QED) is 0.468. The topological polar surface area (TPSA) is 20.2 Å². The zero-order valence-corrected chi connectivity index (χ0v) is 4.80. The third kappa shape index (κ3) is 15.9. The van der Waals surface area contributed by atoms with Crippen LogP contribution in [0.5, 0.6) is 0 Å². The Morgan fingerprint density at radius 2 is 1.75 bits per heavy atom. The second kappa shape index (κ2) is 9.33. The minimum Gasteiger partial charge on any atom is -0.397 e. The molecule has 0 saturated carbocycles. The van der Waals surface area contributed by atoms with Crippen LogP contribution in [0.3, 0.4) is 0 Å². The summed E-state index contributed by atoms with van der Waals surface area (Å²) in [5.74, 6) is 0. The minimum atomic E-state index is 0. The summed E-state index contributed by atoms with van der Waals surface area (Å²) in [4.78, 5) is 0. The van der Waals surface area contributed by atoms with Crippen molar-refractivity contribution in [2.24, 2.45) is 0 Å². The van der Waals surface area contributed by atoms with E-state index in [0.29, 0.717) is 0 Å². The molecule has 0 unspecified atom stereocenters. The van der Waals surface area contributed by atoms with E-state index in [1.54, 1.807) is 6.92 Å². The Bertz CT molecular complexity index is 6.00. The molecule has 0 spiro atoms. The number of hydrogen-bond donors (Lipinski definition) is 1. The smallest absolute Gasteiger partial charge is 0.397 e. The number of hydrogen-bond acceptors (Lipinski definition) is 1. The molecule has 0 bridgehead atoms. The van der Waals surface area contributed by atoms with Crippen LogP contribution in [-0.2, 0) is 22.4 Å². The first-order valence-corrected chi connectivity index (χ1v) is 1.02. The largest absolute Gasteiger partial charge is 5.00 e. The van der Waals surface area contributed by atoms with Crippen molar-refractivity contribution < 1.29 is 27.5 Å². The van der Waals surface area contributed by atoms with Gasteiger partial charge in [0.15, 0.2) is 0 Å². The molecule has 1 nitrogen and oxygen atoms in total. The molecule has 0 amide bonds. The third-order valence-electron chi connectivity index (χ3n) is 0. The van der Waals surface area contributed by atoms with Crippen LogP contribution in [0.2, 0.25) is 0 Å². The van der Waals surface area contributed by atoms with Gasteiger partial charge in [-0.2, -0.15) is 0 Å². The summed E-state index contributed by atoms with van der Waals surface area (Å²) >= 11 is 0. The van der Waals surface area contributed by atoms with Gasteiger partial charge in [0.2, 0.25) is 0 Å². The van der Waals surface area contributed by atoms with Crippen molar-refractivity contribution >= 4 is 0 Å². The van der Waals surface area contributed by atoms with Crippen LogP contribution in [0.4, 0.5) is 0 Å². The summed E-state index contributed by atoms with van der Waals surface area (Å²) in [6, 6.07) is 0. The van der Waals surface area contributed by atoms with Crippen LogP contribution in [0.15, 0.2) is 0 Å². The molecule has 0 atom stereocenters. The summed E-state index contributed by atoms with van der Waals surface area (Å²) < 4.78 is 0. The second-order valence-corrected chi connectivity index (χ2v) is 0.316. The van der Waals surface area contributed by atoms with Gasteiger partial charge in [-0.25, -0.2) is 0 Å². The van der Waals surface area contributed by atoms with Gasteiger partial charge in [0.05, 0.1) is 0 Å². The van der Waals surface area contributed by atoms with E-state index in [-0.39, 0.29) is 29.0 Å². The molecule has 0 heterocycles. The molecule has 2 heteroatoms. The normalized spacial score (nSPS) is 4.50. The van der Waals surface area contributed by atoms with Crippen molar-refractivity contribution in [1.82, 2.24) is 0 Å². The van der Waals surface area contributed by atoms with Crippen LogP contribution < -0.4 is 0 Å². The van der Waals surface area contributed by atoms with Gasteiger partial charge in [0.1, 0.15) is 0 Å². The van der Waals surface area contributed by atoms with Crippen molar-refractivity contribution in [3.63, 3.8) is 0 Å². The average molecular weight is 139 g/mol. The number of aliphatic hydroxyl groups excluding tert-OH is 1. The molecule has 0 aliphatic heterocycles. The molecule has 0 aliphatic carbocycles. The van der Waals surface area contributed by atoms with Crippen molar-refractivity contribution in [2.75, 3.05) is 6.61 Å². The SMILES string of the molecule is CCO.[Nb+5]. The van der Waals surface area contributed by atoms with E-state index in [0.717, 1.165) is 0 Å². The summed E-state index contributed by atoms with van der Waals surface area (Å²) in [7, 11) is 0. The average Bonchev–Trinajstić information content (AvgIpc) is 0.918. The standard InChI is InChI=1S/C2H6O.Nb/c1-2-3;/h3H,2H2,1H3;/q;+5. The Hall–Kier alpha value is 0.700. The number of aliphatic hydroxyl groups is 1. The first-order chi connectivity index (χ1) is 1.41. The summed E-state index contributed by atoms with van der Waals surface area (Å²) in [5, 5.41) is 7.57. The van der Waals surface area contributed by atoms with Gasteiger partial charge < -0.3 is 5.11 Å².